The highest BCUT2D eigenvalue weighted by Gasteiger charge is 2.59. The van der Waals surface area contributed by atoms with Crippen molar-refractivity contribution in [3.63, 3.8) is 0 Å². The number of carbonyl (C=O) groups excluding carboxylic acids is 11. The van der Waals surface area contributed by atoms with E-state index in [1.165, 1.54) is 6.92 Å². The lowest BCUT2D eigenvalue weighted by Gasteiger charge is -2.48. The molecule has 0 aromatic rings. The van der Waals surface area contributed by atoms with Crippen LogP contribution >= 0.6 is 0 Å². The molecular formula is C48H66O26. The SMILES string of the molecule is CC(=O)O[C@@H]1O[C@H](C(=O)OC[C@H]2O[C@H](O[C@H]3O[C@H](C)[C@@H](OC(=O)C4CCCCC4)[C@H](OC(C)=O)[C@H]3OC(C)=O)[C@H](OC(C)=O)[C@@H](OC(C)=O)[C@@H]2OC(=O)C2CCCCC2)[C@@H](OC(C)=O)[C@H](OC(C)=O)[C@H]1OC(C)=O. The Labute approximate surface area is 425 Å². The van der Waals surface area contributed by atoms with Crippen molar-refractivity contribution in [2.75, 3.05) is 6.61 Å². The molecule has 414 valence electrons. The van der Waals surface area contributed by atoms with E-state index < -0.39 is 176 Å². The Morgan fingerprint density at radius 3 is 1.14 bits per heavy atom. The quantitative estimate of drug-likeness (QED) is 0.148. The van der Waals surface area contributed by atoms with Crippen LogP contribution in [-0.2, 0) is 124 Å². The van der Waals surface area contributed by atoms with Crippen LogP contribution in [0.1, 0.15) is 127 Å². The summed E-state index contributed by atoms with van der Waals surface area (Å²) in [5, 5.41) is 0. The van der Waals surface area contributed by atoms with Gasteiger partial charge in [0.2, 0.25) is 25.0 Å². The van der Waals surface area contributed by atoms with Crippen molar-refractivity contribution in [3.05, 3.63) is 0 Å². The van der Waals surface area contributed by atoms with Gasteiger partial charge in [-0.1, -0.05) is 38.5 Å². The summed E-state index contributed by atoms with van der Waals surface area (Å²) in [6.45, 7) is 8.31. The minimum Gasteiger partial charge on any atom is -0.461 e. The monoisotopic (exact) mass is 1060 g/mol. The Bertz CT molecular complexity index is 2060. The van der Waals surface area contributed by atoms with Crippen molar-refractivity contribution in [1.29, 1.82) is 0 Å². The highest BCUT2D eigenvalue weighted by atomic mass is 16.8. The van der Waals surface area contributed by atoms with Crippen LogP contribution in [0.5, 0.6) is 0 Å². The maximum absolute atomic E-state index is 14.4. The summed E-state index contributed by atoms with van der Waals surface area (Å²) < 4.78 is 86.2. The average molecular weight is 1060 g/mol. The summed E-state index contributed by atoms with van der Waals surface area (Å²) >= 11 is 0. The molecule has 0 unspecified atom stereocenters. The summed E-state index contributed by atoms with van der Waals surface area (Å²) in [4.78, 5) is 143. The first-order valence-electron chi connectivity index (χ1n) is 24.5. The maximum atomic E-state index is 14.4. The number of ether oxygens (including phenoxy) is 15. The molecule has 0 aromatic heterocycles. The first-order valence-corrected chi connectivity index (χ1v) is 24.5. The molecule has 5 rings (SSSR count). The Hall–Kier alpha value is -5.99. The van der Waals surface area contributed by atoms with Crippen molar-refractivity contribution in [2.45, 2.75) is 219 Å². The summed E-state index contributed by atoms with van der Waals surface area (Å²) in [5.41, 5.74) is 0. The van der Waals surface area contributed by atoms with E-state index in [4.69, 9.17) is 71.1 Å². The summed E-state index contributed by atoms with van der Waals surface area (Å²) in [6, 6.07) is 0. The van der Waals surface area contributed by atoms with Gasteiger partial charge in [-0.3, -0.25) is 47.9 Å². The van der Waals surface area contributed by atoms with Gasteiger partial charge in [0.25, 0.3) is 0 Å². The van der Waals surface area contributed by atoms with E-state index in [0.717, 1.165) is 81.1 Å². The van der Waals surface area contributed by atoms with Gasteiger partial charge in [-0.2, -0.15) is 0 Å². The third-order valence-electron chi connectivity index (χ3n) is 12.5. The molecule has 74 heavy (non-hydrogen) atoms. The van der Waals surface area contributed by atoms with Crippen molar-refractivity contribution in [3.8, 4) is 0 Å². The third-order valence-corrected chi connectivity index (χ3v) is 12.5. The molecule has 15 atom stereocenters. The third kappa shape index (κ3) is 16.3. The van der Waals surface area contributed by atoms with Crippen LogP contribution in [0.25, 0.3) is 0 Å². The van der Waals surface area contributed by atoms with Crippen molar-refractivity contribution in [2.24, 2.45) is 11.8 Å². The van der Waals surface area contributed by atoms with E-state index in [9.17, 15) is 52.7 Å². The fourth-order valence-corrected chi connectivity index (χ4v) is 9.53. The van der Waals surface area contributed by atoms with Gasteiger partial charge < -0.3 is 71.1 Å². The minimum absolute atomic E-state index is 0.413. The fraction of sp³-hybridized carbons (Fsp3) is 0.771. The van der Waals surface area contributed by atoms with E-state index in [1.807, 2.05) is 0 Å². The standard InChI is InChI=1S/C48H66O26/c1-21-33(71-43(57)30-16-12-10-13-17-30)35(62-22(2)49)40(66-26(6)53)46(61-21)74-48-41(67-27(7)54)36(63-23(3)50)34(72-44(58)31-18-14-11-15-19-31)32(70-48)20-60-45(59)39-37(64-24(4)51)38(65-25(5)52)42(68-28(8)55)47(73-39)69-29(9)56/h21,30-42,46-48H,10-20H2,1-9H3/t21-,32-,33-,34-,35+,36+,37+,38+,39+,40-,41-,42-,46-,47-,48-/m1/s1. The molecule has 5 fully saturated rings. The number of rotatable bonds is 17. The predicted molar refractivity (Wildman–Crippen MR) is 237 cm³/mol. The zero-order valence-electron chi connectivity index (χ0n) is 42.7. The Balaban J connectivity index is 1.56. The lowest BCUT2D eigenvalue weighted by molar-refractivity contribution is -0.375. The number of hydrogen-bond acceptors (Lipinski definition) is 26. The van der Waals surface area contributed by atoms with Gasteiger partial charge in [0.1, 0.15) is 12.7 Å². The zero-order chi connectivity index (χ0) is 54.6. The molecular weight excluding hydrogens is 993 g/mol. The molecule has 0 spiro atoms. The van der Waals surface area contributed by atoms with Crippen LogP contribution in [0.15, 0.2) is 0 Å². The van der Waals surface area contributed by atoms with Crippen molar-refractivity contribution in [1.82, 2.24) is 0 Å². The maximum Gasteiger partial charge on any atom is 0.339 e. The molecule has 2 aliphatic carbocycles. The summed E-state index contributed by atoms with van der Waals surface area (Å²) in [6.07, 6.45) is -20.2. The van der Waals surface area contributed by atoms with Gasteiger partial charge in [0.05, 0.1) is 17.9 Å². The predicted octanol–water partition coefficient (Wildman–Crippen LogP) is 1.81. The Morgan fingerprint density at radius 1 is 0.351 bits per heavy atom. The van der Waals surface area contributed by atoms with E-state index in [1.54, 1.807) is 0 Å². The lowest BCUT2D eigenvalue weighted by atomic mass is 9.89. The van der Waals surface area contributed by atoms with E-state index >= 15 is 0 Å². The van der Waals surface area contributed by atoms with Crippen LogP contribution in [0.2, 0.25) is 0 Å². The van der Waals surface area contributed by atoms with Gasteiger partial charge in [-0.05, 0) is 32.6 Å². The zero-order valence-corrected chi connectivity index (χ0v) is 42.7. The highest BCUT2D eigenvalue weighted by Crippen LogP contribution is 2.38. The fourth-order valence-electron chi connectivity index (χ4n) is 9.53. The largest absolute Gasteiger partial charge is 0.461 e. The molecule has 26 heteroatoms. The van der Waals surface area contributed by atoms with Gasteiger partial charge in [0.15, 0.2) is 54.9 Å². The van der Waals surface area contributed by atoms with Gasteiger partial charge in [0, 0.05) is 55.4 Å². The highest BCUT2D eigenvalue weighted by molar-refractivity contribution is 5.78. The molecule has 3 saturated heterocycles. The topological polar surface area (TPSA) is 326 Å². The smallest absolute Gasteiger partial charge is 0.339 e. The van der Waals surface area contributed by atoms with Crippen LogP contribution in [0, 0.1) is 11.8 Å². The molecule has 5 aliphatic rings. The molecule has 0 radical (unpaired) electrons. The first-order chi connectivity index (χ1) is 34.9. The molecule has 0 N–H and O–H groups in total. The normalized spacial score (nSPS) is 32.4. The molecule has 3 heterocycles. The molecule has 3 aliphatic heterocycles. The average Bonchev–Trinajstić information content (AvgIpc) is 3.31. The van der Waals surface area contributed by atoms with Crippen LogP contribution in [0.3, 0.4) is 0 Å². The molecule has 0 amide bonds. The second-order valence-corrected chi connectivity index (χ2v) is 18.5. The molecule has 0 bridgehead atoms. The van der Waals surface area contributed by atoms with E-state index in [2.05, 4.69) is 0 Å². The molecule has 0 aromatic carbocycles. The molecule has 26 nitrogen and oxygen atoms in total. The van der Waals surface area contributed by atoms with Crippen LogP contribution in [0.4, 0.5) is 0 Å². The Morgan fingerprint density at radius 2 is 0.703 bits per heavy atom. The minimum atomic E-state index is -2.14. The van der Waals surface area contributed by atoms with Crippen molar-refractivity contribution >= 4 is 65.7 Å². The van der Waals surface area contributed by atoms with Gasteiger partial charge >= 0.3 is 65.7 Å². The van der Waals surface area contributed by atoms with Gasteiger partial charge in [-0.25, -0.2) is 4.79 Å². The number of esters is 11. The van der Waals surface area contributed by atoms with Gasteiger partial charge in [-0.15, -0.1) is 0 Å². The lowest BCUT2D eigenvalue weighted by Crippen LogP contribution is -2.66. The number of carbonyl (C=O) groups is 11. The summed E-state index contributed by atoms with van der Waals surface area (Å²) in [5.74, 6) is -11.9. The second-order valence-electron chi connectivity index (χ2n) is 18.5. The van der Waals surface area contributed by atoms with Crippen LogP contribution in [-0.4, -0.2) is 164 Å². The van der Waals surface area contributed by atoms with E-state index in [0.29, 0.717) is 38.5 Å². The molecule has 2 saturated carbocycles. The van der Waals surface area contributed by atoms with Crippen LogP contribution < -0.4 is 0 Å². The second kappa shape index (κ2) is 27.0. The Kier molecular flexibility index (Phi) is 21.5. The first kappa shape index (κ1) is 58.9. The number of hydrogen-bond donors (Lipinski definition) is 0. The van der Waals surface area contributed by atoms with E-state index in [-0.39, 0.29) is 0 Å². The van der Waals surface area contributed by atoms with Crippen molar-refractivity contribution < 1.29 is 124 Å². The summed E-state index contributed by atoms with van der Waals surface area (Å²) in [7, 11) is 0.